The predicted octanol–water partition coefficient (Wildman–Crippen LogP) is 3.26. The highest BCUT2D eigenvalue weighted by Crippen LogP contribution is 2.37. The van der Waals surface area contributed by atoms with E-state index in [1.165, 1.54) is 15.7 Å². The third-order valence-electron chi connectivity index (χ3n) is 8.93. The Morgan fingerprint density at radius 3 is 2.59 bits per heavy atom. The van der Waals surface area contributed by atoms with Crippen molar-refractivity contribution in [2.75, 3.05) is 49.6 Å². The fourth-order valence-corrected chi connectivity index (χ4v) is 6.60. The smallest absolute Gasteiger partial charge is 0.416 e. The quantitative estimate of drug-likeness (QED) is 0.317. The molecule has 4 aromatic rings. The maximum atomic E-state index is 14.1. The predicted molar refractivity (Wildman–Crippen MR) is 170 cm³/mol. The Balaban J connectivity index is 1.23. The van der Waals surface area contributed by atoms with Crippen LogP contribution in [0.5, 0.6) is 5.75 Å². The molecule has 0 bridgehead atoms. The van der Waals surface area contributed by atoms with Gasteiger partial charge in [-0.3, -0.25) is 19.0 Å². The minimum absolute atomic E-state index is 0.00521. The van der Waals surface area contributed by atoms with Gasteiger partial charge in [0.1, 0.15) is 18.1 Å². The number of aromatic hydroxyl groups is 1. The summed E-state index contributed by atoms with van der Waals surface area (Å²) in [6, 6.07) is 1.78. The molecule has 1 saturated heterocycles. The van der Waals surface area contributed by atoms with Gasteiger partial charge in [0.05, 0.1) is 40.9 Å². The molecule has 256 valence electrons. The summed E-state index contributed by atoms with van der Waals surface area (Å²) in [6.45, 7) is 3.32. The number of halogens is 4. The Morgan fingerprint density at radius 2 is 1.90 bits per heavy atom. The summed E-state index contributed by atoms with van der Waals surface area (Å²) in [4.78, 5) is 57.0. The number of alkyl halides is 3. The number of fused-ring (bicyclic) bond motifs is 3. The summed E-state index contributed by atoms with van der Waals surface area (Å²) >= 11 is 6.15. The number of carbonyl (C=O) groups excluding carboxylic acids is 2. The van der Waals surface area contributed by atoms with E-state index in [2.05, 4.69) is 25.4 Å². The van der Waals surface area contributed by atoms with Crippen molar-refractivity contribution in [3.05, 3.63) is 74.4 Å². The summed E-state index contributed by atoms with van der Waals surface area (Å²) in [5.74, 6) is -0.850. The Hall–Kier alpha value is -5.03. The average Bonchev–Trinajstić information content (AvgIpc) is 3.73. The maximum absolute atomic E-state index is 14.1. The number of piperazine rings is 1. The molecule has 3 aliphatic heterocycles. The van der Waals surface area contributed by atoms with Crippen molar-refractivity contribution < 1.29 is 32.6 Å². The van der Waals surface area contributed by atoms with Crippen LogP contribution in [0.3, 0.4) is 0 Å². The van der Waals surface area contributed by atoms with E-state index in [4.69, 9.17) is 16.3 Å². The fourth-order valence-electron chi connectivity index (χ4n) is 6.37. The lowest BCUT2D eigenvalue weighted by atomic mass is 10.1. The van der Waals surface area contributed by atoms with Gasteiger partial charge in [-0.2, -0.15) is 22.7 Å². The van der Waals surface area contributed by atoms with E-state index in [0.717, 1.165) is 23.8 Å². The molecule has 1 fully saturated rings. The van der Waals surface area contributed by atoms with Gasteiger partial charge in [0, 0.05) is 26.2 Å². The molecule has 49 heavy (non-hydrogen) atoms. The second kappa shape index (κ2) is 12.5. The number of nitrogens with zero attached hydrogens (tertiary/aromatic N) is 8. The molecular formula is C31H29ClF3N9O5. The molecule has 0 radical (unpaired) electrons. The van der Waals surface area contributed by atoms with E-state index in [9.17, 15) is 32.7 Å². The molecule has 7 rings (SSSR count). The molecule has 1 unspecified atom stereocenters. The number of hydrogen-bond acceptors (Lipinski definition) is 10. The van der Waals surface area contributed by atoms with E-state index < -0.39 is 35.2 Å². The molecule has 14 nitrogen and oxygen atoms in total. The normalized spacial score (nSPS) is 18.1. The third-order valence-corrected chi connectivity index (χ3v) is 9.24. The summed E-state index contributed by atoms with van der Waals surface area (Å²) in [5, 5.41) is 17.3. The van der Waals surface area contributed by atoms with Crippen molar-refractivity contribution in [2.45, 2.75) is 38.4 Å². The molecule has 1 atom stereocenters. The summed E-state index contributed by atoms with van der Waals surface area (Å²) < 4.78 is 47.9. The van der Waals surface area contributed by atoms with Gasteiger partial charge in [0.15, 0.2) is 17.3 Å². The van der Waals surface area contributed by atoms with E-state index in [0.29, 0.717) is 43.3 Å². The molecular weight excluding hydrogens is 671 g/mol. The zero-order chi connectivity index (χ0) is 34.6. The SMILES string of the molecule is Cc1ncnc(C(=O)N2CCN(c3c4n(c5nc(C6=CCOCC6)nn5c3=O)C(C(=O)Nc3ccc(C(F)(F)F)cc3Cl)CC4)CC2)c1O. The maximum Gasteiger partial charge on any atom is 0.416 e. The van der Waals surface area contributed by atoms with Crippen LogP contribution in [-0.4, -0.2) is 90.3 Å². The summed E-state index contributed by atoms with van der Waals surface area (Å²) in [6.07, 6.45) is -0.466. The topological polar surface area (TPSA) is 160 Å². The van der Waals surface area contributed by atoms with Crippen molar-refractivity contribution in [1.82, 2.24) is 34.0 Å². The van der Waals surface area contributed by atoms with Crippen LogP contribution >= 0.6 is 11.6 Å². The van der Waals surface area contributed by atoms with Crippen LogP contribution in [0, 0.1) is 6.92 Å². The van der Waals surface area contributed by atoms with Gasteiger partial charge in [0.2, 0.25) is 11.7 Å². The lowest BCUT2D eigenvalue weighted by Crippen LogP contribution is -2.51. The highest BCUT2D eigenvalue weighted by Gasteiger charge is 2.38. The number of aromatic nitrogens is 6. The molecule has 3 aromatic heterocycles. The average molecular weight is 700 g/mol. The molecule has 0 saturated carbocycles. The molecule has 2 amide bonds. The number of ether oxygens (including phenoxy) is 1. The van der Waals surface area contributed by atoms with Gasteiger partial charge in [-0.15, -0.1) is 5.10 Å². The standard InChI is InChI=1S/C31H29ClF3N9O5/c1-16-25(45)23(37-15-36-16)28(47)42-10-8-41(9-11-42)24-21-4-5-22(27(46)38-20-3-2-18(14-19(20)32)31(33,34)35)43(21)30-39-26(40-44(30)29(24)48)17-6-12-49-13-7-17/h2-3,6,14-15,22,45H,4-5,7-13H2,1H3,(H,38,46). The van der Waals surface area contributed by atoms with Crippen LogP contribution < -0.4 is 15.8 Å². The van der Waals surface area contributed by atoms with Crippen molar-refractivity contribution in [1.29, 1.82) is 0 Å². The fraction of sp³-hybridized carbons (Fsp3) is 0.387. The van der Waals surface area contributed by atoms with Gasteiger partial charge in [-0.25, -0.2) is 9.97 Å². The number of rotatable bonds is 5. The minimum Gasteiger partial charge on any atom is -0.504 e. The number of amides is 2. The molecule has 3 aliphatic rings. The lowest BCUT2D eigenvalue weighted by Gasteiger charge is -2.36. The van der Waals surface area contributed by atoms with Gasteiger partial charge >= 0.3 is 6.18 Å². The van der Waals surface area contributed by atoms with E-state index in [1.54, 1.807) is 11.5 Å². The number of carbonyl (C=O) groups is 2. The molecule has 1 aromatic carbocycles. The van der Waals surface area contributed by atoms with E-state index in [1.807, 2.05) is 11.0 Å². The van der Waals surface area contributed by atoms with Gasteiger partial charge in [-0.1, -0.05) is 17.7 Å². The largest absolute Gasteiger partial charge is 0.504 e. The Morgan fingerprint density at radius 1 is 1.12 bits per heavy atom. The lowest BCUT2D eigenvalue weighted by molar-refractivity contribution is -0.137. The number of anilines is 2. The van der Waals surface area contributed by atoms with Crippen molar-refractivity contribution >= 4 is 46.1 Å². The molecule has 0 spiro atoms. The number of benzene rings is 1. The first kappa shape index (κ1) is 32.5. The Labute approximate surface area is 280 Å². The number of nitrogens with one attached hydrogen (secondary N) is 1. The van der Waals surface area contributed by atoms with Gasteiger partial charge < -0.3 is 25.0 Å². The van der Waals surface area contributed by atoms with E-state index in [-0.39, 0.29) is 66.2 Å². The zero-order valence-electron chi connectivity index (χ0n) is 26.0. The molecule has 18 heteroatoms. The van der Waals surface area contributed by atoms with Crippen LogP contribution in [0.15, 0.2) is 35.4 Å². The monoisotopic (exact) mass is 699 g/mol. The second-order valence-electron chi connectivity index (χ2n) is 11.8. The summed E-state index contributed by atoms with van der Waals surface area (Å²) in [7, 11) is 0. The third kappa shape index (κ3) is 5.86. The Kier molecular flexibility index (Phi) is 8.26. The highest BCUT2D eigenvalue weighted by molar-refractivity contribution is 6.33. The summed E-state index contributed by atoms with van der Waals surface area (Å²) in [5.41, 5.74) is 0.417. The van der Waals surface area contributed by atoms with Crippen molar-refractivity contribution in [2.24, 2.45) is 0 Å². The molecule has 6 heterocycles. The van der Waals surface area contributed by atoms with Gasteiger partial charge in [-0.05, 0) is 50.0 Å². The Bertz CT molecular complexity index is 2090. The zero-order valence-corrected chi connectivity index (χ0v) is 26.8. The number of aryl methyl sites for hydroxylation is 1. The molecule has 0 aliphatic carbocycles. The van der Waals surface area contributed by atoms with Gasteiger partial charge in [0.25, 0.3) is 11.5 Å². The first-order chi connectivity index (χ1) is 23.4. The van der Waals surface area contributed by atoms with Crippen molar-refractivity contribution in [3.63, 3.8) is 0 Å². The van der Waals surface area contributed by atoms with Crippen LogP contribution in [0.25, 0.3) is 11.4 Å². The second-order valence-corrected chi connectivity index (χ2v) is 12.3. The van der Waals surface area contributed by atoms with Crippen LogP contribution in [-0.2, 0) is 22.1 Å². The first-order valence-electron chi connectivity index (χ1n) is 15.5. The van der Waals surface area contributed by atoms with Crippen LogP contribution in [0.1, 0.15) is 52.1 Å². The van der Waals surface area contributed by atoms with Crippen LogP contribution in [0.2, 0.25) is 5.02 Å². The number of hydrogen-bond donors (Lipinski definition) is 2. The minimum atomic E-state index is -4.61. The first-order valence-corrected chi connectivity index (χ1v) is 15.8. The molecule has 2 N–H and O–H groups in total. The van der Waals surface area contributed by atoms with Crippen LogP contribution in [0.4, 0.5) is 24.5 Å². The van der Waals surface area contributed by atoms with Crippen molar-refractivity contribution in [3.8, 4) is 5.75 Å². The van der Waals surface area contributed by atoms with E-state index >= 15 is 0 Å². The highest BCUT2D eigenvalue weighted by atomic mass is 35.5.